The summed E-state index contributed by atoms with van der Waals surface area (Å²) >= 11 is 6.33. The Labute approximate surface area is 144 Å². The first-order valence-corrected chi connectivity index (χ1v) is 7.74. The fraction of sp³-hybridized carbons (Fsp3) is 0.167. The molecule has 1 N–H and O–H groups in total. The van der Waals surface area contributed by atoms with Crippen LogP contribution in [0.3, 0.4) is 0 Å². The van der Waals surface area contributed by atoms with Crippen LogP contribution in [0, 0.1) is 12.3 Å². The maximum absolute atomic E-state index is 12.0. The van der Waals surface area contributed by atoms with Gasteiger partial charge in [0.25, 0.3) is 0 Å². The molecule has 0 atom stereocenters. The number of aromatic amines is 1. The molecule has 120 valence electrons. The van der Waals surface area contributed by atoms with Crippen molar-refractivity contribution in [2.24, 2.45) is 0 Å². The number of ketones is 1. The highest BCUT2D eigenvalue weighted by Crippen LogP contribution is 2.31. The van der Waals surface area contributed by atoms with Gasteiger partial charge in [0.1, 0.15) is 17.1 Å². The number of rotatable bonds is 4. The van der Waals surface area contributed by atoms with E-state index in [0.717, 1.165) is 5.69 Å². The van der Waals surface area contributed by atoms with Gasteiger partial charge in [-0.05, 0) is 24.6 Å². The second-order valence-corrected chi connectivity index (χ2v) is 5.56. The minimum absolute atomic E-state index is 0.0578. The summed E-state index contributed by atoms with van der Waals surface area (Å²) in [6.07, 6.45) is 6.07. The lowest BCUT2D eigenvalue weighted by atomic mass is 10.2. The van der Waals surface area contributed by atoms with Crippen molar-refractivity contribution in [1.82, 2.24) is 15.0 Å². The van der Waals surface area contributed by atoms with Crippen molar-refractivity contribution in [3.8, 4) is 24.1 Å². The second-order valence-electron chi connectivity index (χ2n) is 5.18. The highest BCUT2D eigenvalue weighted by atomic mass is 35.5. The van der Waals surface area contributed by atoms with Crippen molar-refractivity contribution < 1.29 is 9.53 Å². The Morgan fingerprint density at radius 2 is 2.21 bits per heavy atom. The number of aromatic nitrogens is 3. The van der Waals surface area contributed by atoms with Gasteiger partial charge in [0.15, 0.2) is 5.78 Å². The van der Waals surface area contributed by atoms with E-state index in [9.17, 15) is 4.79 Å². The van der Waals surface area contributed by atoms with Crippen LogP contribution in [0.5, 0.6) is 11.8 Å². The number of hydrogen-bond acceptors (Lipinski definition) is 4. The number of aryl methyl sites for hydroxylation is 1. The van der Waals surface area contributed by atoms with Gasteiger partial charge in [0.05, 0.1) is 10.4 Å². The third kappa shape index (κ3) is 2.84. The van der Waals surface area contributed by atoms with Crippen molar-refractivity contribution in [2.75, 3.05) is 0 Å². The molecule has 0 radical (unpaired) electrons. The fourth-order valence-corrected chi connectivity index (χ4v) is 2.75. The van der Waals surface area contributed by atoms with Crippen LogP contribution in [0.1, 0.15) is 35.6 Å². The van der Waals surface area contributed by atoms with Crippen LogP contribution >= 0.6 is 11.6 Å². The summed E-state index contributed by atoms with van der Waals surface area (Å²) in [6.45, 7) is 3.39. The molecule has 5 nitrogen and oxygen atoms in total. The summed E-state index contributed by atoms with van der Waals surface area (Å²) in [4.78, 5) is 23.6. The minimum atomic E-state index is -0.215. The summed E-state index contributed by atoms with van der Waals surface area (Å²) in [5.41, 5.74) is 2.18. The van der Waals surface area contributed by atoms with E-state index in [1.807, 2.05) is 6.92 Å². The van der Waals surface area contributed by atoms with E-state index in [1.165, 1.54) is 6.92 Å². The van der Waals surface area contributed by atoms with Gasteiger partial charge in [-0.3, -0.25) is 4.79 Å². The molecule has 2 aromatic heterocycles. The van der Waals surface area contributed by atoms with Crippen molar-refractivity contribution in [3.05, 3.63) is 46.2 Å². The molecule has 24 heavy (non-hydrogen) atoms. The van der Waals surface area contributed by atoms with Gasteiger partial charge in [-0.1, -0.05) is 30.5 Å². The number of nitrogens with zero attached hydrogens (tertiary/aromatic N) is 2. The molecule has 0 aliphatic rings. The number of nitrogens with one attached hydrogen (secondary N) is 1. The third-order valence-corrected chi connectivity index (χ3v) is 3.96. The number of Topliss-reactive ketones (excluding diaryl/α,β-unsaturated/α-hetero) is 1. The van der Waals surface area contributed by atoms with Crippen LogP contribution in [0.4, 0.5) is 0 Å². The zero-order valence-corrected chi connectivity index (χ0v) is 13.9. The van der Waals surface area contributed by atoms with Gasteiger partial charge < -0.3 is 9.72 Å². The quantitative estimate of drug-likeness (QED) is 0.572. The predicted octanol–water partition coefficient (Wildman–Crippen LogP) is 4.15. The van der Waals surface area contributed by atoms with E-state index in [4.69, 9.17) is 22.8 Å². The highest BCUT2D eigenvalue weighted by Gasteiger charge is 2.19. The molecule has 1 aromatic carbocycles. The molecule has 0 unspecified atom stereocenters. The van der Waals surface area contributed by atoms with Crippen molar-refractivity contribution in [3.63, 3.8) is 0 Å². The molecule has 0 aliphatic heterocycles. The molecule has 6 heteroatoms. The molecule has 0 spiro atoms. The zero-order valence-electron chi connectivity index (χ0n) is 13.2. The van der Waals surface area contributed by atoms with Gasteiger partial charge in [0.2, 0.25) is 0 Å². The Balaban J connectivity index is 2.12. The highest BCUT2D eigenvalue weighted by molar-refractivity contribution is 6.37. The maximum atomic E-state index is 12.0. The van der Waals surface area contributed by atoms with Crippen molar-refractivity contribution >= 4 is 28.4 Å². The molecule has 0 fully saturated rings. The third-order valence-electron chi connectivity index (χ3n) is 3.54. The first kappa shape index (κ1) is 16.0. The topological polar surface area (TPSA) is 67.9 Å². The van der Waals surface area contributed by atoms with Crippen molar-refractivity contribution in [1.29, 1.82) is 0 Å². The summed E-state index contributed by atoms with van der Waals surface area (Å²) in [5, 5.41) is 0.990. The van der Waals surface area contributed by atoms with Crippen LogP contribution < -0.4 is 4.74 Å². The van der Waals surface area contributed by atoms with Gasteiger partial charge in [-0.2, -0.15) is 9.97 Å². The van der Waals surface area contributed by atoms with E-state index in [2.05, 4.69) is 20.9 Å². The number of halogens is 1. The van der Waals surface area contributed by atoms with E-state index in [1.54, 1.807) is 24.3 Å². The molecular weight excluding hydrogens is 326 g/mol. The van der Waals surface area contributed by atoms with Crippen LogP contribution in [-0.2, 0) is 6.42 Å². The molecule has 0 bridgehead atoms. The molecule has 0 aliphatic carbocycles. The number of terminal acetylenes is 1. The van der Waals surface area contributed by atoms with Crippen LogP contribution in [0.15, 0.2) is 24.3 Å². The number of carbonyl (C=O) groups excluding carboxylic acids is 1. The number of hydrogen-bond donors (Lipinski definition) is 1. The molecule has 0 amide bonds. The summed E-state index contributed by atoms with van der Waals surface area (Å²) < 4.78 is 5.67. The van der Waals surface area contributed by atoms with Crippen molar-refractivity contribution in [2.45, 2.75) is 20.3 Å². The first-order valence-electron chi connectivity index (χ1n) is 7.37. The predicted molar refractivity (Wildman–Crippen MR) is 92.7 cm³/mol. The van der Waals surface area contributed by atoms with Gasteiger partial charge >= 0.3 is 6.01 Å². The monoisotopic (exact) mass is 339 g/mol. The Morgan fingerprint density at radius 3 is 2.88 bits per heavy atom. The molecule has 3 rings (SSSR count). The smallest absolute Gasteiger partial charge is 0.324 e. The Bertz CT molecular complexity index is 986. The number of benzene rings is 1. The minimum Gasteiger partial charge on any atom is -0.424 e. The second kappa shape index (κ2) is 6.34. The van der Waals surface area contributed by atoms with E-state index in [0.29, 0.717) is 33.8 Å². The molecule has 3 aromatic rings. The van der Waals surface area contributed by atoms with Gasteiger partial charge in [-0.15, -0.1) is 6.42 Å². The fourth-order valence-electron chi connectivity index (χ4n) is 2.39. The molecule has 0 saturated carbocycles. The Kier molecular flexibility index (Phi) is 4.24. The maximum Gasteiger partial charge on any atom is 0.324 e. The summed E-state index contributed by atoms with van der Waals surface area (Å²) in [5.74, 6) is 2.81. The lowest BCUT2D eigenvalue weighted by Crippen LogP contribution is -2.02. The first-order chi connectivity index (χ1) is 11.5. The summed E-state index contributed by atoms with van der Waals surface area (Å²) in [7, 11) is 0. The van der Waals surface area contributed by atoms with Crippen LogP contribution in [-0.4, -0.2) is 20.7 Å². The van der Waals surface area contributed by atoms with Crippen LogP contribution in [0.25, 0.3) is 11.0 Å². The number of H-pyrrole nitrogens is 1. The number of fused-ring (bicyclic) bond motifs is 1. The average molecular weight is 340 g/mol. The van der Waals surface area contributed by atoms with E-state index >= 15 is 0 Å². The van der Waals surface area contributed by atoms with E-state index < -0.39 is 0 Å². The van der Waals surface area contributed by atoms with Gasteiger partial charge in [0, 0.05) is 18.2 Å². The molecular formula is C18H14ClN3O2. The summed E-state index contributed by atoms with van der Waals surface area (Å²) in [6, 6.07) is 7.05. The zero-order chi connectivity index (χ0) is 17.3. The lowest BCUT2D eigenvalue weighted by Gasteiger charge is -2.06. The Morgan fingerprint density at radius 1 is 1.42 bits per heavy atom. The molecule has 0 saturated heterocycles. The van der Waals surface area contributed by atoms with Crippen LogP contribution in [0.2, 0.25) is 5.02 Å². The lowest BCUT2D eigenvalue weighted by molar-refractivity contribution is 0.101. The van der Waals surface area contributed by atoms with E-state index in [-0.39, 0.29) is 17.5 Å². The number of ether oxygens (including phenoxy) is 1. The number of carbonyl (C=O) groups is 1. The average Bonchev–Trinajstić information content (AvgIpc) is 2.90. The molecule has 2 heterocycles. The SMILES string of the molecule is C#Cc1cccc(Oc2nc(C(C)=O)c3c(Cl)c(CC)[nH]c3n2)c1. The standard InChI is InChI=1S/C18H14ClN3O2/c1-4-11-7-6-8-12(9-11)24-18-21-16(10(3)23)14-15(19)13(5-2)20-17(14)22-18/h1,6-9H,5H2,2-3H3,(H,20,21,22). The van der Waals surface area contributed by atoms with Gasteiger partial charge in [-0.25, -0.2) is 0 Å². The normalized spacial score (nSPS) is 10.6. The largest absolute Gasteiger partial charge is 0.424 e. The Hall–Kier alpha value is -2.84.